The smallest absolute Gasteiger partial charge is 0.227 e. The van der Waals surface area contributed by atoms with Gasteiger partial charge in [0.25, 0.3) is 0 Å². The van der Waals surface area contributed by atoms with E-state index < -0.39 is 0 Å². The van der Waals surface area contributed by atoms with Crippen molar-refractivity contribution in [1.29, 1.82) is 0 Å². The van der Waals surface area contributed by atoms with Crippen molar-refractivity contribution < 1.29 is 14.3 Å². The van der Waals surface area contributed by atoms with Gasteiger partial charge in [0.15, 0.2) is 0 Å². The number of rotatable bonds is 6. The molecule has 150 valence electrons. The van der Waals surface area contributed by atoms with Gasteiger partial charge >= 0.3 is 0 Å². The second kappa shape index (κ2) is 9.85. The lowest BCUT2D eigenvalue weighted by atomic mass is 10.00. The third-order valence-electron chi connectivity index (χ3n) is 5.39. The molecule has 2 atom stereocenters. The zero-order chi connectivity index (χ0) is 19.1. The number of aryl methyl sites for hydroxylation is 1. The molecule has 1 aromatic rings. The molecular weight excluding hydrogens is 346 g/mol. The van der Waals surface area contributed by atoms with E-state index >= 15 is 0 Å². The van der Waals surface area contributed by atoms with Crippen LogP contribution in [0.25, 0.3) is 0 Å². The number of hydrogen-bond acceptors (Lipinski definition) is 5. The summed E-state index contributed by atoms with van der Waals surface area (Å²) in [5.41, 5.74) is 1.13. The predicted molar refractivity (Wildman–Crippen MR) is 101 cm³/mol. The van der Waals surface area contributed by atoms with E-state index in [1.807, 2.05) is 18.1 Å². The number of aromatic amines is 1. The Balaban J connectivity index is 1.42. The maximum Gasteiger partial charge on any atom is 0.227 e. The van der Waals surface area contributed by atoms with Crippen molar-refractivity contribution in [3.63, 3.8) is 0 Å². The van der Waals surface area contributed by atoms with Gasteiger partial charge in [-0.15, -0.1) is 0 Å². The van der Waals surface area contributed by atoms with E-state index in [9.17, 15) is 9.59 Å². The summed E-state index contributed by atoms with van der Waals surface area (Å²) >= 11 is 0. The molecule has 0 unspecified atom stereocenters. The van der Waals surface area contributed by atoms with Crippen LogP contribution in [0.3, 0.4) is 0 Å². The Morgan fingerprint density at radius 2 is 2.11 bits per heavy atom. The number of carbonyl (C=O) groups is 2. The van der Waals surface area contributed by atoms with Crippen molar-refractivity contribution in [2.45, 2.75) is 38.1 Å². The average molecular weight is 377 g/mol. The van der Waals surface area contributed by atoms with Gasteiger partial charge in [-0.25, -0.2) is 0 Å². The number of H-pyrrole nitrogens is 1. The summed E-state index contributed by atoms with van der Waals surface area (Å²) < 4.78 is 5.34. The lowest BCUT2D eigenvalue weighted by Crippen LogP contribution is -2.45. The first kappa shape index (κ1) is 19.8. The molecule has 3 rings (SSSR count). The summed E-state index contributed by atoms with van der Waals surface area (Å²) in [5.74, 6) is 0.336. The van der Waals surface area contributed by atoms with E-state index in [0.29, 0.717) is 32.7 Å². The Labute approximate surface area is 160 Å². The predicted octanol–water partition coefficient (Wildman–Crippen LogP) is 0.418. The fraction of sp³-hybridized carbons (Fsp3) is 0.737. The van der Waals surface area contributed by atoms with Crippen LogP contribution in [0.5, 0.6) is 0 Å². The molecule has 0 spiro atoms. The van der Waals surface area contributed by atoms with Crippen LogP contribution < -0.4 is 5.32 Å². The molecule has 2 fully saturated rings. The highest BCUT2D eigenvalue weighted by atomic mass is 16.5. The van der Waals surface area contributed by atoms with Crippen molar-refractivity contribution in [3.8, 4) is 0 Å². The van der Waals surface area contributed by atoms with Crippen molar-refractivity contribution in [2.75, 3.05) is 46.4 Å². The summed E-state index contributed by atoms with van der Waals surface area (Å²) in [7, 11) is 2.03. The third kappa shape index (κ3) is 6.04. The minimum Gasteiger partial charge on any atom is -0.378 e. The topological polar surface area (TPSA) is 90.6 Å². The number of amides is 2. The maximum atomic E-state index is 12.8. The lowest BCUT2D eigenvalue weighted by molar-refractivity contribution is -0.140. The highest BCUT2D eigenvalue weighted by molar-refractivity contribution is 5.79. The molecule has 0 bridgehead atoms. The molecule has 2 saturated heterocycles. The van der Waals surface area contributed by atoms with E-state index in [2.05, 4.69) is 20.4 Å². The molecule has 2 aliphatic rings. The number of hydrogen-bond donors (Lipinski definition) is 2. The van der Waals surface area contributed by atoms with E-state index in [0.717, 1.165) is 44.3 Å². The molecule has 8 heteroatoms. The Hall–Kier alpha value is -1.93. The second-order valence-electron chi connectivity index (χ2n) is 7.66. The molecule has 2 amide bonds. The Morgan fingerprint density at radius 3 is 2.85 bits per heavy atom. The third-order valence-corrected chi connectivity index (χ3v) is 5.39. The summed E-state index contributed by atoms with van der Waals surface area (Å²) in [6.45, 7) is 4.19. The van der Waals surface area contributed by atoms with Gasteiger partial charge in [-0.1, -0.05) is 0 Å². The van der Waals surface area contributed by atoms with Gasteiger partial charge in [-0.3, -0.25) is 14.7 Å². The van der Waals surface area contributed by atoms with Crippen LogP contribution in [0.2, 0.25) is 0 Å². The number of likely N-dealkylation sites (tertiary alicyclic amines) is 1. The zero-order valence-corrected chi connectivity index (χ0v) is 16.2. The number of nitrogens with one attached hydrogen (secondary N) is 2. The monoisotopic (exact) mass is 377 g/mol. The highest BCUT2D eigenvalue weighted by Gasteiger charge is 2.30. The number of carbonyl (C=O) groups excluding carboxylic acids is 2. The van der Waals surface area contributed by atoms with Gasteiger partial charge in [-0.2, -0.15) is 5.10 Å². The fourth-order valence-electron chi connectivity index (χ4n) is 3.94. The first-order valence-corrected chi connectivity index (χ1v) is 9.94. The summed E-state index contributed by atoms with van der Waals surface area (Å²) in [4.78, 5) is 29.2. The van der Waals surface area contributed by atoms with E-state index in [-0.39, 0.29) is 23.8 Å². The normalized spacial score (nSPS) is 24.4. The van der Waals surface area contributed by atoms with Crippen LogP contribution >= 0.6 is 0 Å². The molecule has 0 aromatic carbocycles. The first-order valence-electron chi connectivity index (χ1n) is 9.94. The quantitative estimate of drug-likeness (QED) is 0.750. The number of morpholine rings is 1. The van der Waals surface area contributed by atoms with Crippen molar-refractivity contribution in [3.05, 3.63) is 18.0 Å². The van der Waals surface area contributed by atoms with Crippen LogP contribution in [-0.4, -0.2) is 84.3 Å². The number of likely N-dealkylation sites (N-methyl/N-ethyl adjacent to an activating group) is 1. The lowest BCUT2D eigenvalue weighted by Gasteiger charge is -2.31. The fourth-order valence-corrected chi connectivity index (χ4v) is 3.94. The average Bonchev–Trinajstić information content (AvgIpc) is 3.11. The maximum absolute atomic E-state index is 12.8. The second-order valence-corrected chi connectivity index (χ2v) is 7.66. The number of ether oxygens (including phenoxy) is 1. The molecule has 2 N–H and O–H groups in total. The Bertz CT molecular complexity index is 600. The van der Waals surface area contributed by atoms with E-state index in [1.165, 1.54) is 0 Å². The SMILES string of the molecule is CN1C[C@@H](NC(=O)CCCc2cn[nH]c2)CC[C@@H](C(=O)N2CCOCC2)C1. The van der Waals surface area contributed by atoms with Crippen molar-refractivity contribution in [1.82, 2.24) is 25.3 Å². The van der Waals surface area contributed by atoms with E-state index in [1.54, 1.807) is 6.20 Å². The van der Waals surface area contributed by atoms with Crippen LogP contribution in [0.1, 0.15) is 31.2 Å². The standard InChI is InChI=1S/C19H31N5O3/c1-23-13-16(19(26)24-7-9-27-10-8-24)5-6-17(14-23)22-18(25)4-2-3-15-11-20-21-12-15/h11-12,16-17H,2-10,13-14H2,1H3,(H,20,21)(H,22,25)/t16-,17+/m1/s1. The molecule has 0 radical (unpaired) electrons. The molecule has 0 aliphatic carbocycles. The van der Waals surface area contributed by atoms with Gasteiger partial charge < -0.3 is 19.9 Å². The Kier molecular flexibility index (Phi) is 7.23. The molecule has 3 heterocycles. The largest absolute Gasteiger partial charge is 0.378 e. The van der Waals surface area contributed by atoms with Gasteiger partial charge in [0.2, 0.25) is 11.8 Å². The van der Waals surface area contributed by atoms with Gasteiger partial charge in [0.05, 0.1) is 25.3 Å². The van der Waals surface area contributed by atoms with Gasteiger partial charge in [-0.05, 0) is 38.3 Å². The van der Waals surface area contributed by atoms with Crippen molar-refractivity contribution in [2.24, 2.45) is 5.92 Å². The van der Waals surface area contributed by atoms with Gasteiger partial charge in [0.1, 0.15) is 0 Å². The number of aromatic nitrogens is 2. The van der Waals surface area contributed by atoms with Crippen molar-refractivity contribution >= 4 is 11.8 Å². The molecule has 8 nitrogen and oxygen atoms in total. The van der Waals surface area contributed by atoms with Crippen LogP contribution in [-0.2, 0) is 20.7 Å². The van der Waals surface area contributed by atoms with Gasteiger partial charge in [0, 0.05) is 44.8 Å². The number of nitrogens with zero attached hydrogens (tertiary/aromatic N) is 3. The summed E-state index contributed by atoms with van der Waals surface area (Å²) in [6, 6.07) is 0.110. The van der Waals surface area contributed by atoms with E-state index in [4.69, 9.17) is 4.74 Å². The Morgan fingerprint density at radius 1 is 1.30 bits per heavy atom. The molecule has 27 heavy (non-hydrogen) atoms. The minimum atomic E-state index is 0.0103. The molecule has 1 aromatic heterocycles. The molecule has 0 saturated carbocycles. The highest BCUT2D eigenvalue weighted by Crippen LogP contribution is 2.19. The van der Waals surface area contributed by atoms with Crippen LogP contribution in [0, 0.1) is 5.92 Å². The zero-order valence-electron chi connectivity index (χ0n) is 16.2. The van der Waals surface area contributed by atoms with Crippen LogP contribution in [0.4, 0.5) is 0 Å². The summed E-state index contributed by atoms with van der Waals surface area (Å²) in [6.07, 6.45) is 7.50. The first-order chi connectivity index (χ1) is 13.1. The summed E-state index contributed by atoms with van der Waals surface area (Å²) in [5, 5.41) is 9.87. The van der Waals surface area contributed by atoms with Crippen LogP contribution in [0.15, 0.2) is 12.4 Å². The molecule has 2 aliphatic heterocycles. The minimum absolute atomic E-state index is 0.0103. The molecular formula is C19H31N5O3.